The van der Waals surface area contributed by atoms with E-state index in [0.717, 1.165) is 26.2 Å². The maximum Gasteiger partial charge on any atom is 0.238 e. The first-order valence-corrected chi connectivity index (χ1v) is 6.93. The molecule has 0 aromatic carbocycles. The fourth-order valence-electron chi connectivity index (χ4n) is 2.95. The van der Waals surface area contributed by atoms with Crippen molar-refractivity contribution in [2.24, 2.45) is 11.8 Å². The first-order chi connectivity index (χ1) is 9.22. The van der Waals surface area contributed by atoms with Crippen molar-refractivity contribution in [2.75, 3.05) is 38.0 Å². The van der Waals surface area contributed by atoms with Crippen LogP contribution in [0.2, 0.25) is 5.15 Å². The molecule has 2 N–H and O–H groups in total. The Morgan fingerprint density at radius 1 is 1.47 bits per heavy atom. The van der Waals surface area contributed by atoms with Crippen LogP contribution in [0.1, 0.15) is 0 Å². The lowest BCUT2D eigenvalue weighted by Crippen LogP contribution is -2.33. The van der Waals surface area contributed by atoms with Gasteiger partial charge in [0.2, 0.25) is 5.91 Å². The molecule has 3 rings (SSSR count). The van der Waals surface area contributed by atoms with Gasteiger partial charge in [0.15, 0.2) is 5.15 Å². The zero-order valence-corrected chi connectivity index (χ0v) is 11.4. The number of fused-ring (bicyclic) bond motifs is 1. The van der Waals surface area contributed by atoms with Gasteiger partial charge in [0.25, 0.3) is 0 Å². The highest BCUT2D eigenvalue weighted by Gasteiger charge is 2.36. The van der Waals surface area contributed by atoms with Crippen molar-refractivity contribution >= 4 is 23.2 Å². The Hall–Kier alpha value is -1.17. The van der Waals surface area contributed by atoms with Crippen LogP contribution in [0.5, 0.6) is 0 Å². The number of carbonyl (C=O) groups excluding carboxylic acids is 1. The molecular weight excluding hydrogens is 264 g/mol. The molecule has 2 aliphatic rings. The highest BCUT2D eigenvalue weighted by Crippen LogP contribution is 2.26. The molecule has 5 nitrogen and oxygen atoms in total. The van der Waals surface area contributed by atoms with Crippen LogP contribution in [-0.4, -0.2) is 48.5 Å². The number of aromatic nitrogens is 1. The summed E-state index contributed by atoms with van der Waals surface area (Å²) in [5.41, 5.74) is 0.579. The minimum absolute atomic E-state index is 0.0252. The van der Waals surface area contributed by atoms with Crippen LogP contribution in [0, 0.1) is 11.8 Å². The highest BCUT2D eigenvalue weighted by atomic mass is 35.5. The van der Waals surface area contributed by atoms with E-state index < -0.39 is 0 Å². The van der Waals surface area contributed by atoms with Gasteiger partial charge in [-0.15, -0.1) is 0 Å². The lowest BCUT2D eigenvalue weighted by Gasteiger charge is -2.16. The average Bonchev–Trinajstić information content (AvgIpc) is 2.92. The topological polar surface area (TPSA) is 57.3 Å². The van der Waals surface area contributed by atoms with Crippen LogP contribution in [0.3, 0.4) is 0 Å². The van der Waals surface area contributed by atoms with Gasteiger partial charge in [-0.2, -0.15) is 0 Å². The molecule has 6 heteroatoms. The summed E-state index contributed by atoms with van der Waals surface area (Å²) in [6.45, 7) is 4.60. The van der Waals surface area contributed by atoms with Crippen LogP contribution < -0.4 is 10.6 Å². The molecule has 19 heavy (non-hydrogen) atoms. The molecule has 2 atom stereocenters. The number of hydrogen-bond acceptors (Lipinski definition) is 4. The Bertz CT molecular complexity index is 469. The molecule has 0 unspecified atom stereocenters. The van der Waals surface area contributed by atoms with Crippen molar-refractivity contribution in [3.8, 4) is 0 Å². The normalized spacial score (nSPS) is 26.4. The fourth-order valence-corrected chi connectivity index (χ4v) is 3.12. The van der Waals surface area contributed by atoms with Gasteiger partial charge in [0.1, 0.15) is 0 Å². The van der Waals surface area contributed by atoms with Gasteiger partial charge in [-0.25, -0.2) is 4.98 Å². The number of halogens is 1. The van der Waals surface area contributed by atoms with Gasteiger partial charge < -0.3 is 10.6 Å². The molecule has 2 aliphatic heterocycles. The summed E-state index contributed by atoms with van der Waals surface area (Å²) < 4.78 is 0. The molecule has 1 amide bonds. The summed E-state index contributed by atoms with van der Waals surface area (Å²) in [5.74, 6) is 1.38. The maximum absolute atomic E-state index is 12.0. The largest absolute Gasteiger partial charge is 0.322 e. The van der Waals surface area contributed by atoms with Gasteiger partial charge in [-0.3, -0.25) is 9.69 Å². The predicted octanol–water partition coefficient (Wildman–Crippen LogP) is 0.825. The molecule has 0 radical (unpaired) electrons. The van der Waals surface area contributed by atoms with Gasteiger partial charge in [-0.1, -0.05) is 11.6 Å². The molecule has 1 aromatic heterocycles. The maximum atomic E-state index is 12.0. The smallest absolute Gasteiger partial charge is 0.238 e. The number of rotatable bonds is 3. The number of nitrogens with zero attached hydrogens (tertiary/aromatic N) is 2. The molecule has 1 aromatic rings. The first kappa shape index (κ1) is 12.8. The van der Waals surface area contributed by atoms with Crippen LogP contribution in [0.15, 0.2) is 18.3 Å². The Kier molecular flexibility index (Phi) is 3.68. The van der Waals surface area contributed by atoms with Gasteiger partial charge in [0.05, 0.1) is 12.2 Å². The zero-order chi connectivity index (χ0) is 13.2. The van der Waals surface area contributed by atoms with E-state index in [1.165, 1.54) is 0 Å². The second-order valence-corrected chi connectivity index (χ2v) is 5.62. The molecule has 102 valence electrons. The van der Waals surface area contributed by atoms with E-state index in [2.05, 4.69) is 20.5 Å². The molecule has 0 spiro atoms. The molecule has 2 fully saturated rings. The van der Waals surface area contributed by atoms with Crippen LogP contribution in [-0.2, 0) is 4.79 Å². The molecule has 3 heterocycles. The van der Waals surface area contributed by atoms with Crippen molar-refractivity contribution < 1.29 is 4.79 Å². The second kappa shape index (κ2) is 5.45. The SMILES string of the molecule is O=C(CN1C[C@H]2CNC[C@H]2C1)Nc1cccnc1Cl. The van der Waals surface area contributed by atoms with Gasteiger partial charge >= 0.3 is 0 Å². The molecule has 0 saturated carbocycles. The van der Waals surface area contributed by atoms with Crippen LogP contribution in [0.25, 0.3) is 0 Å². The minimum Gasteiger partial charge on any atom is -0.322 e. The summed E-state index contributed by atoms with van der Waals surface area (Å²) >= 11 is 5.92. The Balaban J connectivity index is 1.53. The van der Waals surface area contributed by atoms with Crippen LogP contribution in [0.4, 0.5) is 5.69 Å². The summed E-state index contributed by atoms with van der Waals surface area (Å²) in [7, 11) is 0. The van der Waals surface area contributed by atoms with E-state index in [1.807, 2.05) is 0 Å². The summed E-state index contributed by atoms with van der Waals surface area (Å²) in [5, 5.41) is 6.54. The van der Waals surface area contributed by atoms with E-state index in [4.69, 9.17) is 11.6 Å². The van der Waals surface area contributed by atoms with Crippen LogP contribution >= 0.6 is 11.6 Å². The summed E-state index contributed by atoms with van der Waals surface area (Å²) in [6, 6.07) is 3.52. The second-order valence-electron chi connectivity index (χ2n) is 5.26. The Morgan fingerprint density at radius 2 is 2.21 bits per heavy atom. The minimum atomic E-state index is -0.0252. The quantitative estimate of drug-likeness (QED) is 0.805. The van der Waals surface area contributed by atoms with Gasteiger partial charge in [-0.05, 0) is 37.1 Å². The van der Waals surface area contributed by atoms with E-state index in [1.54, 1.807) is 18.3 Å². The number of anilines is 1. The van der Waals surface area contributed by atoms with Crippen molar-refractivity contribution in [3.63, 3.8) is 0 Å². The molecule has 0 aliphatic carbocycles. The number of amides is 1. The highest BCUT2D eigenvalue weighted by molar-refractivity contribution is 6.32. The lowest BCUT2D eigenvalue weighted by molar-refractivity contribution is -0.117. The standard InChI is InChI=1S/C13H17ClN4O/c14-13-11(2-1-3-16-13)17-12(19)8-18-6-9-4-15-5-10(9)7-18/h1-3,9-10,15H,4-8H2,(H,17,19)/t9-,10+. The number of nitrogens with one attached hydrogen (secondary N) is 2. The van der Waals surface area contributed by atoms with E-state index in [0.29, 0.717) is 29.2 Å². The number of pyridine rings is 1. The van der Waals surface area contributed by atoms with Crippen molar-refractivity contribution in [2.45, 2.75) is 0 Å². The molecular formula is C13H17ClN4O. The molecule has 0 bridgehead atoms. The van der Waals surface area contributed by atoms with E-state index in [9.17, 15) is 4.79 Å². The third kappa shape index (κ3) is 2.88. The van der Waals surface area contributed by atoms with Crippen molar-refractivity contribution in [1.82, 2.24) is 15.2 Å². The van der Waals surface area contributed by atoms with E-state index >= 15 is 0 Å². The third-order valence-corrected chi connectivity index (χ3v) is 4.17. The predicted molar refractivity (Wildman–Crippen MR) is 74.2 cm³/mol. The first-order valence-electron chi connectivity index (χ1n) is 6.56. The Labute approximate surface area is 117 Å². The van der Waals surface area contributed by atoms with E-state index in [-0.39, 0.29) is 5.91 Å². The monoisotopic (exact) mass is 280 g/mol. The summed E-state index contributed by atoms with van der Waals surface area (Å²) in [4.78, 5) is 18.1. The average molecular weight is 281 g/mol. The number of carbonyl (C=O) groups is 1. The lowest BCUT2D eigenvalue weighted by atomic mass is 10.0. The Morgan fingerprint density at radius 3 is 2.89 bits per heavy atom. The zero-order valence-electron chi connectivity index (χ0n) is 10.6. The van der Waals surface area contributed by atoms with Crippen molar-refractivity contribution in [3.05, 3.63) is 23.5 Å². The number of likely N-dealkylation sites (tertiary alicyclic amines) is 1. The molecule has 2 saturated heterocycles. The van der Waals surface area contributed by atoms with Crippen molar-refractivity contribution in [1.29, 1.82) is 0 Å². The van der Waals surface area contributed by atoms with Gasteiger partial charge in [0, 0.05) is 19.3 Å². The fraction of sp³-hybridized carbons (Fsp3) is 0.538. The third-order valence-electron chi connectivity index (χ3n) is 3.87. The number of hydrogen-bond donors (Lipinski definition) is 2. The summed E-state index contributed by atoms with van der Waals surface area (Å²) in [6.07, 6.45) is 1.60.